The molecule has 0 aromatic carbocycles. The number of Topliss-reactive ketones (excluding diaryl/α,β-unsaturated/α-hetero) is 1. The van der Waals surface area contributed by atoms with Crippen molar-refractivity contribution in [1.29, 1.82) is 0 Å². The van der Waals surface area contributed by atoms with Gasteiger partial charge in [0.2, 0.25) is 5.75 Å². The maximum Gasteiger partial charge on any atom is 0.361 e. The van der Waals surface area contributed by atoms with E-state index in [1.165, 1.54) is 0 Å². The van der Waals surface area contributed by atoms with Gasteiger partial charge in [-0.1, -0.05) is 0 Å². The number of hydrogen-bond acceptors (Lipinski definition) is 8. The summed E-state index contributed by atoms with van der Waals surface area (Å²) >= 11 is 0. The largest absolute Gasteiger partial charge is 0.501 e. The summed E-state index contributed by atoms with van der Waals surface area (Å²) in [5.74, 6) is -1.92. The molecule has 1 saturated carbocycles. The highest BCUT2D eigenvalue weighted by Gasteiger charge is 2.44. The minimum atomic E-state index is -1.23. The van der Waals surface area contributed by atoms with Crippen molar-refractivity contribution in [3.05, 3.63) is 21.9 Å². The minimum absolute atomic E-state index is 0.0387. The fraction of sp³-hybridized carbons (Fsp3) is 0.571. The predicted octanol–water partition coefficient (Wildman–Crippen LogP) is -0.391. The zero-order valence-corrected chi connectivity index (χ0v) is 12.6. The van der Waals surface area contributed by atoms with Gasteiger partial charge in [-0.2, -0.15) is 0 Å². The number of ether oxygens (including phenoxy) is 2. The van der Waals surface area contributed by atoms with Crippen molar-refractivity contribution in [1.82, 2.24) is 9.97 Å². The molecule has 1 unspecified atom stereocenters. The molecular formula is C14H18N2O7. The third kappa shape index (κ3) is 3.40. The minimum Gasteiger partial charge on any atom is -0.501 e. The smallest absolute Gasteiger partial charge is 0.361 e. The lowest BCUT2D eigenvalue weighted by molar-refractivity contribution is -0.121. The highest BCUT2D eigenvalue weighted by Crippen LogP contribution is 2.38. The number of rotatable bonds is 6. The number of carbonyl (C=O) groups is 2. The van der Waals surface area contributed by atoms with Crippen molar-refractivity contribution in [2.75, 3.05) is 19.8 Å². The lowest BCUT2D eigenvalue weighted by atomic mass is 10.0. The number of nitrogens with zero attached hydrogens (tertiary/aromatic N) is 1. The first-order valence-corrected chi connectivity index (χ1v) is 7.21. The van der Waals surface area contributed by atoms with Crippen LogP contribution in [-0.2, 0) is 19.9 Å². The maximum atomic E-state index is 11.9. The van der Waals surface area contributed by atoms with Gasteiger partial charge >= 0.3 is 5.97 Å². The average Bonchev–Trinajstić information content (AvgIpc) is 2.90. The number of ketones is 1. The molecule has 0 bridgehead atoms. The van der Waals surface area contributed by atoms with Crippen LogP contribution in [-0.4, -0.2) is 51.8 Å². The van der Waals surface area contributed by atoms with E-state index in [0.717, 1.165) is 0 Å². The van der Waals surface area contributed by atoms with E-state index in [-0.39, 0.29) is 50.7 Å². The first-order valence-electron chi connectivity index (χ1n) is 7.21. The molecule has 1 atom stereocenters. The molecule has 126 valence electrons. The Kier molecular flexibility index (Phi) is 5.12. The Labute approximate surface area is 131 Å². The summed E-state index contributed by atoms with van der Waals surface area (Å²) in [7, 11) is 0. The number of esters is 1. The fourth-order valence-electron chi connectivity index (χ4n) is 2.50. The summed E-state index contributed by atoms with van der Waals surface area (Å²) in [6.07, 6.45) is 0.440. The number of carbonyl (C=O) groups excluding carboxylic acids is 2. The summed E-state index contributed by atoms with van der Waals surface area (Å²) in [5, 5.41) is 18.7. The molecule has 2 rings (SSSR count). The van der Waals surface area contributed by atoms with Gasteiger partial charge < -0.3 is 24.7 Å². The third-order valence-corrected chi connectivity index (χ3v) is 3.56. The predicted molar refractivity (Wildman–Crippen MR) is 76.1 cm³/mol. The second-order valence-electron chi connectivity index (χ2n) is 5.11. The molecule has 9 nitrogen and oxygen atoms in total. The molecule has 0 spiro atoms. The lowest BCUT2D eigenvalue weighted by Crippen LogP contribution is -2.34. The van der Waals surface area contributed by atoms with Crippen LogP contribution in [0.25, 0.3) is 0 Å². The van der Waals surface area contributed by atoms with Crippen LogP contribution in [0, 0.1) is 0 Å². The van der Waals surface area contributed by atoms with Gasteiger partial charge in [0.25, 0.3) is 5.56 Å². The molecule has 1 aliphatic rings. The quantitative estimate of drug-likeness (QED) is 0.601. The van der Waals surface area contributed by atoms with Crippen LogP contribution in [0.4, 0.5) is 0 Å². The molecule has 9 heteroatoms. The molecule has 0 amide bonds. The van der Waals surface area contributed by atoms with Crippen LogP contribution in [0.1, 0.15) is 42.5 Å². The van der Waals surface area contributed by atoms with E-state index in [0.29, 0.717) is 0 Å². The standard InChI is InChI=1S/C14H18N2O7/c1-2-22-12(21)9-10(19)11(20)16-13(15-9)14(23-6-5-17)4-3-8(18)7-14/h17,19H,2-7H2,1H3,(H,15,16,20). The molecule has 0 saturated heterocycles. The molecule has 1 heterocycles. The average molecular weight is 326 g/mol. The second kappa shape index (κ2) is 6.88. The highest BCUT2D eigenvalue weighted by molar-refractivity contribution is 5.90. The van der Waals surface area contributed by atoms with Gasteiger partial charge in [0.05, 0.1) is 19.8 Å². The number of aromatic amines is 1. The van der Waals surface area contributed by atoms with E-state index in [1.54, 1.807) is 6.92 Å². The first-order chi connectivity index (χ1) is 10.9. The van der Waals surface area contributed by atoms with Crippen LogP contribution in [0.5, 0.6) is 5.75 Å². The van der Waals surface area contributed by atoms with Crippen LogP contribution >= 0.6 is 0 Å². The van der Waals surface area contributed by atoms with Gasteiger partial charge in [0.1, 0.15) is 17.2 Å². The monoisotopic (exact) mass is 326 g/mol. The molecule has 1 aromatic heterocycles. The number of nitrogens with one attached hydrogen (secondary N) is 1. The van der Waals surface area contributed by atoms with Crippen molar-refractivity contribution in [3.63, 3.8) is 0 Å². The normalized spacial score (nSPS) is 20.7. The van der Waals surface area contributed by atoms with Crippen LogP contribution < -0.4 is 5.56 Å². The number of aliphatic hydroxyl groups excluding tert-OH is 1. The molecule has 0 radical (unpaired) electrons. The van der Waals surface area contributed by atoms with Crippen molar-refractivity contribution in [3.8, 4) is 5.75 Å². The third-order valence-electron chi connectivity index (χ3n) is 3.56. The Morgan fingerprint density at radius 1 is 1.43 bits per heavy atom. The van der Waals surface area contributed by atoms with E-state index < -0.39 is 28.6 Å². The lowest BCUT2D eigenvalue weighted by Gasteiger charge is -2.27. The molecule has 23 heavy (non-hydrogen) atoms. The molecule has 1 aliphatic carbocycles. The highest BCUT2D eigenvalue weighted by atomic mass is 16.5. The Hall–Kier alpha value is -2.26. The van der Waals surface area contributed by atoms with Crippen LogP contribution in [0.15, 0.2) is 4.79 Å². The Morgan fingerprint density at radius 3 is 2.74 bits per heavy atom. The number of aromatic nitrogens is 2. The second-order valence-corrected chi connectivity index (χ2v) is 5.11. The van der Waals surface area contributed by atoms with Crippen LogP contribution in [0.2, 0.25) is 0 Å². The summed E-state index contributed by atoms with van der Waals surface area (Å²) < 4.78 is 10.3. The maximum absolute atomic E-state index is 11.9. The number of hydrogen-bond donors (Lipinski definition) is 3. The number of aromatic hydroxyl groups is 1. The van der Waals surface area contributed by atoms with Crippen molar-refractivity contribution in [2.24, 2.45) is 0 Å². The molecule has 1 fully saturated rings. The van der Waals surface area contributed by atoms with Gasteiger partial charge in [-0.3, -0.25) is 9.59 Å². The first kappa shape index (κ1) is 17.1. The molecule has 0 aliphatic heterocycles. The number of H-pyrrole nitrogens is 1. The van der Waals surface area contributed by atoms with Crippen molar-refractivity contribution in [2.45, 2.75) is 31.8 Å². The molecule has 3 N–H and O–H groups in total. The topological polar surface area (TPSA) is 139 Å². The summed E-state index contributed by atoms with van der Waals surface area (Å²) in [4.78, 5) is 41.7. The fourth-order valence-corrected chi connectivity index (χ4v) is 2.50. The van der Waals surface area contributed by atoms with Gasteiger partial charge in [0, 0.05) is 12.8 Å². The Morgan fingerprint density at radius 2 is 2.17 bits per heavy atom. The van der Waals surface area contributed by atoms with Gasteiger partial charge in [-0.05, 0) is 13.3 Å². The zero-order valence-electron chi connectivity index (χ0n) is 12.6. The van der Waals surface area contributed by atoms with Gasteiger partial charge in [-0.25, -0.2) is 9.78 Å². The van der Waals surface area contributed by atoms with Gasteiger partial charge in [0.15, 0.2) is 5.69 Å². The number of aliphatic hydroxyl groups is 1. The molecule has 1 aromatic rings. The van der Waals surface area contributed by atoms with Crippen molar-refractivity contribution >= 4 is 11.8 Å². The Balaban J connectivity index is 2.50. The summed E-state index contributed by atoms with van der Waals surface area (Å²) in [6, 6.07) is 0. The van der Waals surface area contributed by atoms with E-state index in [9.17, 15) is 19.5 Å². The van der Waals surface area contributed by atoms with Crippen LogP contribution in [0.3, 0.4) is 0 Å². The molecular weight excluding hydrogens is 308 g/mol. The van der Waals surface area contributed by atoms with E-state index >= 15 is 0 Å². The van der Waals surface area contributed by atoms with Gasteiger partial charge in [-0.15, -0.1) is 0 Å². The van der Waals surface area contributed by atoms with E-state index in [2.05, 4.69) is 9.97 Å². The van der Waals surface area contributed by atoms with E-state index in [1.807, 2.05) is 0 Å². The SMILES string of the molecule is CCOC(=O)c1nc(C2(OCCO)CCC(=O)C2)[nH]c(=O)c1O. The zero-order chi connectivity index (χ0) is 17.0. The summed E-state index contributed by atoms with van der Waals surface area (Å²) in [5.41, 5.74) is -2.69. The summed E-state index contributed by atoms with van der Waals surface area (Å²) in [6.45, 7) is 1.28. The van der Waals surface area contributed by atoms with E-state index in [4.69, 9.17) is 14.6 Å². The Bertz CT molecular complexity index is 670. The van der Waals surface area contributed by atoms with Crippen molar-refractivity contribution < 1.29 is 29.3 Å².